The number of carboxylic acids is 2. The zero-order chi connectivity index (χ0) is 19.3. The summed E-state index contributed by atoms with van der Waals surface area (Å²) in [4.78, 5) is 35.8. The van der Waals surface area contributed by atoms with E-state index in [0.717, 1.165) is 0 Å². The summed E-state index contributed by atoms with van der Waals surface area (Å²) >= 11 is 0. The molecule has 0 saturated heterocycles. The molecule has 0 aliphatic rings. The van der Waals surface area contributed by atoms with Gasteiger partial charge in [-0.15, -0.1) is 0 Å². The maximum absolute atomic E-state index is 13.1. The summed E-state index contributed by atoms with van der Waals surface area (Å²) in [5.41, 5.74) is -9.64. The van der Waals surface area contributed by atoms with E-state index < -0.39 is 63.0 Å². The Balaban J connectivity index is 3.14. The molecule has 0 aliphatic heterocycles. The van der Waals surface area contributed by atoms with Crippen molar-refractivity contribution >= 4 is 22.8 Å². The molecule has 0 spiro atoms. The number of H-pyrrole nitrogens is 1. The number of carbonyl (C=O) groups is 2. The lowest BCUT2D eigenvalue weighted by Crippen LogP contribution is -2.25. The first-order valence-electron chi connectivity index (χ1n) is 6.10. The van der Waals surface area contributed by atoms with Crippen LogP contribution in [0, 0.1) is 0 Å². The van der Waals surface area contributed by atoms with Gasteiger partial charge >= 0.3 is 24.3 Å². The highest BCUT2D eigenvalue weighted by Crippen LogP contribution is 2.38. The van der Waals surface area contributed by atoms with E-state index in [9.17, 15) is 40.7 Å². The molecule has 2 rings (SSSR count). The molecule has 25 heavy (non-hydrogen) atoms. The third-order valence-corrected chi connectivity index (χ3v) is 3.16. The third kappa shape index (κ3) is 3.14. The Morgan fingerprint density at radius 2 is 1.48 bits per heavy atom. The van der Waals surface area contributed by atoms with Crippen LogP contribution in [0.3, 0.4) is 0 Å². The van der Waals surface area contributed by atoms with Crippen LogP contribution in [-0.4, -0.2) is 27.1 Å². The molecule has 0 bridgehead atoms. The lowest BCUT2D eigenvalue weighted by molar-refractivity contribution is -0.142. The van der Waals surface area contributed by atoms with Gasteiger partial charge in [-0.2, -0.15) is 26.3 Å². The SMILES string of the molecule is O=C(O)c1[nH]c2cc(C(F)(F)F)cc(C(F)(F)F)c2c(=O)c1C(=O)O. The van der Waals surface area contributed by atoms with Crippen molar-refractivity contribution in [3.8, 4) is 0 Å². The van der Waals surface area contributed by atoms with Gasteiger partial charge in [0.25, 0.3) is 0 Å². The van der Waals surface area contributed by atoms with E-state index in [-0.39, 0.29) is 12.1 Å². The zero-order valence-electron chi connectivity index (χ0n) is 11.5. The Kier molecular flexibility index (Phi) is 4.02. The summed E-state index contributed by atoms with van der Waals surface area (Å²) in [7, 11) is 0. The van der Waals surface area contributed by atoms with Crippen molar-refractivity contribution in [2.75, 3.05) is 0 Å². The van der Waals surface area contributed by atoms with Crippen molar-refractivity contribution in [3.05, 3.63) is 44.7 Å². The summed E-state index contributed by atoms with van der Waals surface area (Å²) in [5.74, 6) is -4.18. The van der Waals surface area contributed by atoms with Crippen LogP contribution in [0.5, 0.6) is 0 Å². The number of hydrogen-bond donors (Lipinski definition) is 3. The number of nitrogens with one attached hydrogen (secondary N) is 1. The summed E-state index contributed by atoms with van der Waals surface area (Å²) in [6.45, 7) is 0. The molecule has 0 aliphatic carbocycles. The van der Waals surface area contributed by atoms with E-state index in [0.29, 0.717) is 0 Å². The summed E-state index contributed by atoms with van der Waals surface area (Å²) < 4.78 is 77.6. The molecule has 1 aromatic heterocycles. The number of pyridine rings is 1. The van der Waals surface area contributed by atoms with Gasteiger partial charge in [0.1, 0.15) is 11.3 Å². The molecular formula is C13H5F6NO5. The average molecular weight is 369 g/mol. The number of alkyl halides is 6. The van der Waals surface area contributed by atoms with E-state index in [2.05, 4.69) is 0 Å². The Morgan fingerprint density at radius 1 is 0.920 bits per heavy atom. The second kappa shape index (κ2) is 5.50. The van der Waals surface area contributed by atoms with Gasteiger partial charge in [0.05, 0.1) is 22.0 Å². The number of hydrogen-bond acceptors (Lipinski definition) is 3. The molecule has 0 fully saturated rings. The fourth-order valence-corrected chi connectivity index (χ4v) is 2.17. The van der Waals surface area contributed by atoms with Crippen LogP contribution in [0.15, 0.2) is 16.9 Å². The van der Waals surface area contributed by atoms with Crippen molar-refractivity contribution in [1.29, 1.82) is 0 Å². The van der Waals surface area contributed by atoms with Gasteiger partial charge in [-0.05, 0) is 12.1 Å². The van der Waals surface area contributed by atoms with Crippen molar-refractivity contribution in [3.63, 3.8) is 0 Å². The second-order valence-electron chi connectivity index (χ2n) is 4.76. The topological polar surface area (TPSA) is 107 Å². The molecular weight excluding hydrogens is 364 g/mol. The lowest BCUT2D eigenvalue weighted by Gasteiger charge is -2.15. The first kappa shape index (κ1) is 18.3. The summed E-state index contributed by atoms with van der Waals surface area (Å²) in [5, 5.41) is 16.4. The van der Waals surface area contributed by atoms with Crippen molar-refractivity contribution in [2.24, 2.45) is 0 Å². The molecule has 2 aromatic rings. The first-order valence-corrected chi connectivity index (χ1v) is 6.10. The maximum Gasteiger partial charge on any atom is 0.417 e. The number of aromatic amines is 1. The minimum Gasteiger partial charge on any atom is -0.477 e. The van der Waals surface area contributed by atoms with Crippen LogP contribution in [0.1, 0.15) is 32.0 Å². The van der Waals surface area contributed by atoms with Crippen LogP contribution in [0.25, 0.3) is 10.9 Å². The number of fused-ring (bicyclic) bond motifs is 1. The Hall–Kier alpha value is -3.05. The molecule has 1 aromatic carbocycles. The molecule has 0 unspecified atom stereocenters. The minimum absolute atomic E-state index is 0.101. The lowest BCUT2D eigenvalue weighted by atomic mass is 10.00. The standard InChI is InChI=1S/C13H5F6NO5/c14-12(15,16)3-1-4(13(17,18)19)6-5(2-3)20-8(11(24)25)7(9(6)21)10(22)23/h1-2H,(H,20,21)(H,22,23)(H,24,25). The number of benzene rings is 1. The molecule has 3 N–H and O–H groups in total. The van der Waals surface area contributed by atoms with Gasteiger partial charge < -0.3 is 15.2 Å². The highest BCUT2D eigenvalue weighted by molar-refractivity contribution is 6.04. The Labute approximate surface area is 132 Å². The summed E-state index contributed by atoms with van der Waals surface area (Å²) in [6.07, 6.45) is -10.6. The fraction of sp³-hybridized carbons (Fsp3) is 0.154. The van der Waals surface area contributed by atoms with Crippen molar-refractivity contribution < 1.29 is 46.1 Å². The minimum atomic E-state index is -5.42. The molecule has 12 heteroatoms. The predicted molar refractivity (Wildman–Crippen MR) is 68.5 cm³/mol. The van der Waals surface area contributed by atoms with Gasteiger partial charge in [-0.1, -0.05) is 0 Å². The molecule has 0 atom stereocenters. The number of aromatic nitrogens is 1. The highest BCUT2D eigenvalue weighted by Gasteiger charge is 2.40. The highest BCUT2D eigenvalue weighted by atomic mass is 19.4. The molecule has 0 radical (unpaired) electrons. The first-order chi connectivity index (χ1) is 11.2. The van der Waals surface area contributed by atoms with Gasteiger partial charge in [0, 0.05) is 0 Å². The molecule has 6 nitrogen and oxygen atoms in total. The van der Waals surface area contributed by atoms with E-state index in [1.807, 2.05) is 0 Å². The zero-order valence-corrected chi connectivity index (χ0v) is 11.5. The average Bonchev–Trinajstić information content (AvgIpc) is 2.43. The molecule has 0 amide bonds. The van der Waals surface area contributed by atoms with E-state index >= 15 is 0 Å². The number of halogens is 6. The van der Waals surface area contributed by atoms with Crippen LogP contribution in [-0.2, 0) is 12.4 Å². The predicted octanol–water partition coefficient (Wildman–Crippen LogP) is 2.96. The van der Waals surface area contributed by atoms with Gasteiger partial charge in [-0.25, -0.2) is 9.59 Å². The van der Waals surface area contributed by atoms with Crippen molar-refractivity contribution in [2.45, 2.75) is 12.4 Å². The quantitative estimate of drug-likeness (QED) is 0.706. The number of aromatic carboxylic acids is 2. The number of carboxylic acid groups (broad SMARTS) is 2. The summed E-state index contributed by atoms with van der Waals surface area (Å²) in [6, 6.07) is -0.242. The van der Waals surface area contributed by atoms with E-state index in [4.69, 9.17) is 10.2 Å². The number of rotatable bonds is 2. The van der Waals surface area contributed by atoms with Gasteiger partial charge in [-0.3, -0.25) is 4.79 Å². The Bertz CT molecular complexity index is 956. The monoisotopic (exact) mass is 369 g/mol. The molecule has 134 valence electrons. The fourth-order valence-electron chi connectivity index (χ4n) is 2.17. The van der Waals surface area contributed by atoms with E-state index in [1.54, 1.807) is 4.98 Å². The smallest absolute Gasteiger partial charge is 0.417 e. The normalized spacial score (nSPS) is 12.4. The van der Waals surface area contributed by atoms with Gasteiger partial charge in [0.15, 0.2) is 0 Å². The van der Waals surface area contributed by atoms with Crippen LogP contribution >= 0.6 is 0 Å². The van der Waals surface area contributed by atoms with Crippen LogP contribution in [0.4, 0.5) is 26.3 Å². The van der Waals surface area contributed by atoms with E-state index in [1.165, 1.54) is 0 Å². The van der Waals surface area contributed by atoms with Crippen LogP contribution < -0.4 is 5.43 Å². The largest absolute Gasteiger partial charge is 0.477 e. The van der Waals surface area contributed by atoms with Gasteiger partial charge in [0.2, 0.25) is 5.43 Å². The second-order valence-corrected chi connectivity index (χ2v) is 4.76. The van der Waals surface area contributed by atoms with Crippen LogP contribution in [0.2, 0.25) is 0 Å². The Morgan fingerprint density at radius 3 is 1.88 bits per heavy atom. The molecule has 0 saturated carbocycles. The van der Waals surface area contributed by atoms with Crippen molar-refractivity contribution in [1.82, 2.24) is 4.98 Å². The third-order valence-electron chi connectivity index (χ3n) is 3.16. The maximum atomic E-state index is 13.1. The molecule has 1 heterocycles.